The first-order valence-corrected chi connectivity index (χ1v) is 7.04. The van der Waals surface area contributed by atoms with Crippen molar-refractivity contribution in [2.75, 3.05) is 31.6 Å². The molecule has 1 rings (SSSR count). The van der Waals surface area contributed by atoms with Gasteiger partial charge in [0.15, 0.2) is 5.96 Å². The van der Waals surface area contributed by atoms with Crippen LogP contribution in [0.2, 0.25) is 0 Å². The molecular weight excluding hydrogens is 236 g/mol. The standard InChI is InChI=1S/C15H26N4/c1-3-11-17-15(16)18-12-7-8-13-19(2)14-9-5-4-6-10-14/h4-6,9-10H,3,7-8,11-13H2,1-2H3,(H3,16,17,18). The molecule has 19 heavy (non-hydrogen) atoms. The van der Waals surface area contributed by atoms with E-state index < -0.39 is 0 Å². The summed E-state index contributed by atoms with van der Waals surface area (Å²) in [7, 11) is 2.12. The normalized spacial score (nSPS) is 11.4. The number of nitrogens with zero attached hydrogens (tertiary/aromatic N) is 2. The molecule has 3 N–H and O–H groups in total. The molecule has 0 saturated heterocycles. The summed E-state index contributed by atoms with van der Waals surface area (Å²) in [4.78, 5) is 6.47. The van der Waals surface area contributed by atoms with Crippen LogP contribution in [0.5, 0.6) is 0 Å². The topological polar surface area (TPSA) is 53.6 Å². The van der Waals surface area contributed by atoms with E-state index in [1.165, 1.54) is 5.69 Å². The van der Waals surface area contributed by atoms with Crippen molar-refractivity contribution in [1.29, 1.82) is 0 Å². The molecule has 0 atom stereocenters. The largest absolute Gasteiger partial charge is 0.375 e. The molecule has 0 aliphatic carbocycles. The highest BCUT2D eigenvalue weighted by Gasteiger charge is 1.99. The number of nitrogens with two attached hydrogens (primary N) is 1. The molecule has 0 aliphatic rings. The van der Waals surface area contributed by atoms with Crippen LogP contribution >= 0.6 is 0 Å². The van der Waals surface area contributed by atoms with Crippen molar-refractivity contribution in [1.82, 2.24) is 5.32 Å². The molecule has 0 aromatic heterocycles. The quantitative estimate of drug-likeness (QED) is 0.429. The van der Waals surface area contributed by atoms with Gasteiger partial charge >= 0.3 is 0 Å². The third kappa shape index (κ3) is 6.70. The molecule has 0 bridgehead atoms. The van der Waals surface area contributed by atoms with E-state index in [9.17, 15) is 0 Å². The highest BCUT2D eigenvalue weighted by atomic mass is 15.1. The van der Waals surface area contributed by atoms with Gasteiger partial charge in [0.2, 0.25) is 0 Å². The molecule has 0 aliphatic heterocycles. The lowest BCUT2D eigenvalue weighted by Crippen LogP contribution is -2.33. The van der Waals surface area contributed by atoms with Gasteiger partial charge in [-0.2, -0.15) is 0 Å². The number of hydrogen-bond donors (Lipinski definition) is 2. The van der Waals surface area contributed by atoms with E-state index in [0.717, 1.165) is 38.9 Å². The van der Waals surface area contributed by atoms with E-state index in [2.05, 4.69) is 53.4 Å². The fourth-order valence-electron chi connectivity index (χ4n) is 1.79. The van der Waals surface area contributed by atoms with Gasteiger partial charge in [-0.05, 0) is 31.4 Å². The Hall–Kier alpha value is -1.71. The number of nitrogens with one attached hydrogen (secondary N) is 1. The smallest absolute Gasteiger partial charge is 0.188 e. The van der Waals surface area contributed by atoms with Crippen LogP contribution in [0.4, 0.5) is 5.69 Å². The number of guanidine groups is 1. The molecule has 0 heterocycles. The second kappa shape index (κ2) is 9.25. The minimum Gasteiger partial charge on any atom is -0.375 e. The van der Waals surface area contributed by atoms with Gasteiger partial charge in [-0.25, -0.2) is 0 Å². The van der Waals surface area contributed by atoms with Crippen LogP contribution in [-0.4, -0.2) is 32.6 Å². The maximum Gasteiger partial charge on any atom is 0.188 e. The van der Waals surface area contributed by atoms with Gasteiger partial charge in [-0.3, -0.25) is 4.99 Å². The molecule has 0 fully saturated rings. The monoisotopic (exact) mass is 262 g/mol. The Balaban J connectivity index is 2.11. The lowest BCUT2D eigenvalue weighted by atomic mass is 10.2. The summed E-state index contributed by atoms with van der Waals surface area (Å²) in [6.45, 7) is 4.84. The SMILES string of the molecule is CCCN=C(N)NCCCCN(C)c1ccccc1. The van der Waals surface area contributed by atoms with E-state index >= 15 is 0 Å². The minimum absolute atomic E-state index is 0.568. The van der Waals surface area contributed by atoms with Gasteiger partial charge in [-0.1, -0.05) is 25.1 Å². The fourth-order valence-corrected chi connectivity index (χ4v) is 1.79. The van der Waals surface area contributed by atoms with Gasteiger partial charge < -0.3 is 16.0 Å². The van der Waals surface area contributed by atoms with Crippen LogP contribution in [-0.2, 0) is 0 Å². The summed E-state index contributed by atoms with van der Waals surface area (Å²) in [6, 6.07) is 10.4. The maximum atomic E-state index is 5.72. The number of unbranched alkanes of at least 4 members (excludes halogenated alkanes) is 1. The van der Waals surface area contributed by atoms with Crippen molar-refractivity contribution < 1.29 is 0 Å². The maximum absolute atomic E-state index is 5.72. The second-order valence-electron chi connectivity index (χ2n) is 4.66. The first kappa shape index (κ1) is 15.3. The Morgan fingerprint density at radius 3 is 2.68 bits per heavy atom. The average Bonchev–Trinajstić information content (AvgIpc) is 2.45. The van der Waals surface area contributed by atoms with Crippen molar-refractivity contribution in [3.63, 3.8) is 0 Å². The van der Waals surface area contributed by atoms with Crippen LogP contribution in [0, 0.1) is 0 Å². The predicted molar refractivity (Wildman–Crippen MR) is 83.7 cm³/mol. The summed E-state index contributed by atoms with van der Waals surface area (Å²) < 4.78 is 0. The molecule has 4 heteroatoms. The summed E-state index contributed by atoms with van der Waals surface area (Å²) in [5.41, 5.74) is 6.98. The fraction of sp³-hybridized carbons (Fsp3) is 0.533. The number of aliphatic imine (C=N–C) groups is 1. The van der Waals surface area contributed by atoms with Crippen molar-refractivity contribution in [2.45, 2.75) is 26.2 Å². The van der Waals surface area contributed by atoms with E-state index in [4.69, 9.17) is 5.73 Å². The average molecular weight is 262 g/mol. The van der Waals surface area contributed by atoms with Gasteiger partial charge in [0.1, 0.15) is 0 Å². The molecule has 1 aromatic carbocycles. The van der Waals surface area contributed by atoms with Crippen LogP contribution in [0.25, 0.3) is 0 Å². The summed E-state index contributed by atoms with van der Waals surface area (Å²) in [6.07, 6.45) is 3.27. The molecule has 4 nitrogen and oxygen atoms in total. The number of benzene rings is 1. The summed E-state index contributed by atoms with van der Waals surface area (Å²) in [5, 5.41) is 3.14. The molecule has 0 spiro atoms. The second-order valence-corrected chi connectivity index (χ2v) is 4.66. The van der Waals surface area contributed by atoms with Crippen molar-refractivity contribution in [3.8, 4) is 0 Å². The van der Waals surface area contributed by atoms with E-state index in [1.54, 1.807) is 0 Å². The van der Waals surface area contributed by atoms with Crippen LogP contribution in [0.3, 0.4) is 0 Å². The van der Waals surface area contributed by atoms with Gasteiger partial charge in [0.25, 0.3) is 0 Å². The summed E-state index contributed by atoms with van der Waals surface area (Å²) >= 11 is 0. The van der Waals surface area contributed by atoms with Crippen molar-refractivity contribution >= 4 is 11.6 Å². The number of hydrogen-bond acceptors (Lipinski definition) is 2. The Kier molecular flexibility index (Phi) is 7.47. The highest BCUT2D eigenvalue weighted by molar-refractivity contribution is 5.77. The van der Waals surface area contributed by atoms with Crippen LogP contribution in [0.1, 0.15) is 26.2 Å². The molecule has 1 aromatic rings. The Morgan fingerprint density at radius 2 is 2.00 bits per heavy atom. The Labute approximate surface area is 116 Å². The van der Waals surface area contributed by atoms with Crippen LogP contribution < -0.4 is 16.0 Å². The Bertz CT molecular complexity index is 362. The molecule has 0 unspecified atom stereocenters. The van der Waals surface area contributed by atoms with E-state index in [1.807, 2.05) is 6.07 Å². The zero-order valence-electron chi connectivity index (χ0n) is 12.1. The van der Waals surface area contributed by atoms with E-state index in [0.29, 0.717) is 5.96 Å². The van der Waals surface area contributed by atoms with Gasteiger partial charge in [-0.15, -0.1) is 0 Å². The molecule has 0 radical (unpaired) electrons. The van der Waals surface area contributed by atoms with Gasteiger partial charge in [0, 0.05) is 32.4 Å². The minimum atomic E-state index is 0.568. The van der Waals surface area contributed by atoms with Crippen LogP contribution in [0.15, 0.2) is 35.3 Å². The summed E-state index contributed by atoms with van der Waals surface area (Å²) in [5.74, 6) is 0.568. The number of rotatable bonds is 8. The molecule has 106 valence electrons. The van der Waals surface area contributed by atoms with Crippen molar-refractivity contribution in [2.24, 2.45) is 10.7 Å². The van der Waals surface area contributed by atoms with Gasteiger partial charge in [0.05, 0.1) is 0 Å². The lowest BCUT2D eigenvalue weighted by Gasteiger charge is -2.19. The number of para-hydroxylation sites is 1. The number of anilines is 1. The van der Waals surface area contributed by atoms with E-state index in [-0.39, 0.29) is 0 Å². The third-order valence-electron chi connectivity index (χ3n) is 2.93. The zero-order valence-corrected chi connectivity index (χ0v) is 12.1. The highest BCUT2D eigenvalue weighted by Crippen LogP contribution is 2.11. The Morgan fingerprint density at radius 1 is 1.26 bits per heavy atom. The molecular formula is C15H26N4. The molecule has 0 saturated carbocycles. The molecule has 0 amide bonds. The zero-order chi connectivity index (χ0) is 13.9. The first-order chi connectivity index (χ1) is 9.24. The first-order valence-electron chi connectivity index (χ1n) is 7.04. The van der Waals surface area contributed by atoms with Crippen molar-refractivity contribution in [3.05, 3.63) is 30.3 Å². The lowest BCUT2D eigenvalue weighted by molar-refractivity contribution is 0.695. The predicted octanol–water partition coefficient (Wildman–Crippen LogP) is 2.22. The third-order valence-corrected chi connectivity index (χ3v) is 2.93.